The van der Waals surface area contributed by atoms with Gasteiger partial charge in [0.2, 0.25) is 0 Å². The SMILES string of the molecule is CCN1CCC(c2nnc3c(C(=O)OC)cccn23)CC1. The minimum absolute atomic E-state index is 0.375. The van der Waals surface area contributed by atoms with E-state index >= 15 is 0 Å². The first-order valence-corrected chi connectivity index (χ1v) is 7.39. The smallest absolute Gasteiger partial charge is 0.341 e. The molecule has 3 rings (SSSR count). The van der Waals surface area contributed by atoms with Crippen molar-refractivity contribution in [2.45, 2.75) is 25.7 Å². The van der Waals surface area contributed by atoms with Crippen LogP contribution in [-0.2, 0) is 4.74 Å². The number of piperidine rings is 1. The van der Waals surface area contributed by atoms with Crippen molar-refractivity contribution in [2.75, 3.05) is 26.7 Å². The summed E-state index contributed by atoms with van der Waals surface area (Å²) in [6.07, 6.45) is 4.08. The van der Waals surface area contributed by atoms with E-state index in [9.17, 15) is 4.79 Å². The average molecular weight is 288 g/mol. The number of esters is 1. The maximum absolute atomic E-state index is 11.8. The third kappa shape index (κ3) is 2.51. The Hall–Kier alpha value is -1.95. The van der Waals surface area contributed by atoms with Crippen molar-refractivity contribution in [3.05, 3.63) is 29.7 Å². The monoisotopic (exact) mass is 288 g/mol. The van der Waals surface area contributed by atoms with E-state index in [1.54, 1.807) is 6.07 Å². The van der Waals surface area contributed by atoms with Crippen molar-refractivity contribution in [2.24, 2.45) is 0 Å². The lowest BCUT2D eigenvalue weighted by Gasteiger charge is -2.30. The van der Waals surface area contributed by atoms with E-state index in [-0.39, 0.29) is 5.97 Å². The first kappa shape index (κ1) is 14.0. The predicted octanol–water partition coefficient (Wildman–Crippen LogP) is 1.72. The van der Waals surface area contributed by atoms with E-state index in [0.717, 1.165) is 38.3 Å². The zero-order valence-electron chi connectivity index (χ0n) is 12.5. The number of hydrogen-bond acceptors (Lipinski definition) is 5. The minimum Gasteiger partial charge on any atom is -0.465 e. The Labute approximate surface area is 123 Å². The molecule has 0 saturated carbocycles. The van der Waals surface area contributed by atoms with Crippen LogP contribution >= 0.6 is 0 Å². The van der Waals surface area contributed by atoms with Gasteiger partial charge in [-0.1, -0.05) is 6.92 Å². The summed E-state index contributed by atoms with van der Waals surface area (Å²) in [5, 5.41) is 8.53. The van der Waals surface area contributed by atoms with Crippen LogP contribution in [0.4, 0.5) is 0 Å². The van der Waals surface area contributed by atoms with Crippen LogP contribution in [0.25, 0.3) is 5.65 Å². The maximum Gasteiger partial charge on any atom is 0.341 e. The number of carbonyl (C=O) groups is 1. The number of pyridine rings is 1. The zero-order chi connectivity index (χ0) is 14.8. The highest BCUT2D eigenvalue weighted by molar-refractivity contribution is 5.95. The molecule has 112 valence electrons. The Morgan fingerprint density at radius 3 is 2.81 bits per heavy atom. The molecule has 6 nitrogen and oxygen atoms in total. The quantitative estimate of drug-likeness (QED) is 0.805. The van der Waals surface area contributed by atoms with Gasteiger partial charge in [-0.15, -0.1) is 10.2 Å². The Balaban J connectivity index is 1.93. The van der Waals surface area contributed by atoms with E-state index in [1.165, 1.54) is 7.11 Å². The van der Waals surface area contributed by atoms with Crippen LogP contribution in [0.2, 0.25) is 0 Å². The van der Waals surface area contributed by atoms with Gasteiger partial charge < -0.3 is 9.64 Å². The summed E-state index contributed by atoms with van der Waals surface area (Å²) in [4.78, 5) is 14.2. The second-order valence-electron chi connectivity index (χ2n) is 5.37. The minimum atomic E-state index is -0.375. The molecule has 0 spiro atoms. The van der Waals surface area contributed by atoms with Crippen molar-refractivity contribution in [1.29, 1.82) is 0 Å². The van der Waals surface area contributed by atoms with Crippen molar-refractivity contribution in [3.63, 3.8) is 0 Å². The second-order valence-corrected chi connectivity index (χ2v) is 5.37. The molecule has 6 heteroatoms. The Kier molecular flexibility index (Phi) is 3.88. The summed E-state index contributed by atoms with van der Waals surface area (Å²) in [6, 6.07) is 3.56. The summed E-state index contributed by atoms with van der Waals surface area (Å²) in [6.45, 7) is 5.47. The molecule has 0 atom stereocenters. The van der Waals surface area contributed by atoms with E-state index in [0.29, 0.717) is 17.1 Å². The van der Waals surface area contributed by atoms with Gasteiger partial charge in [-0.2, -0.15) is 0 Å². The van der Waals surface area contributed by atoms with Gasteiger partial charge in [0.15, 0.2) is 5.65 Å². The van der Waals surface area contributed by atoms with Gasteiger partial charge >= 0.3 is 5.97 Å². The zero-order valence-corrected chi connectivity index (χ0v) is 12.5. The fourth-order valence-electron chi connectivity index (χ4n) is 2.99. The molecule has 0 aliphatic carbocycles. The lowest BCUT2D eigenvalue weighted by atomic mass is 9.96. The number of nitrogens with zero attached hydrogens (tertiary/aromatic N) is 4. The molecule has 1 saturated heterocycles. The Morgan fingerprint density at radius 2 is 2.14 bits per heavy atom. The first-order valence-electron chi connectivity index (χ1n) is 7.39. The topological polar surface area (TPSA) is 59.7 Å². The molecule has 0 bridgehead atoms. The van der Waals surface area contributed by atoms with Gasteiger partial charge in [0, 0.05) is 12.1 Å². The number of ether oxygens (including phenoxy) is 1. The first-order chi connectivity index (χ1) is 10.2. The van der Waals surface area contributed by atoms with Crippen LogP contribution in [0.3, 0.4) is 0 Å². The Bertz CT molecular complexity index is 644. The molecule has 3 heterocycles. The highest BCUT2D eigenvalue weighted by Gasteiger charge is 2.25. The van der Waals surface area contributed by atoms with Crippen molar-refractivity contribution in [1.82, 2.24) is 19.5 Å². The molecule has 1 aliphatic rings. The molecule has 0 amide bonds. The third-order valence-electron chi connectivity index (χ3n) is 4.27. The highest BCUT2D eigenvalue weighted by atomic mass is 16.5. The number of methoxy groups -OCH3 is 1. The number of rotatable bonds is 3. The molecule has 0 N–H and O–H groups in total. The van der Waals surface area contributed by atoms with Crippen LogP contribution in [0, 0.1) is 0 Å². The number of carbonyl (C=O) groups excluding carboxylic acids is 1. The molecule has 0 unspecified atom stereocenters. The van der Waals surface area contributed by atoms with E-state index in [1.807, 2.05) is 16.7 Å². The number of fused-ring (bicyclic) bond motifs is 1. The average Bonchev–Trinajstić information content (AvgIpc) is 2.98. The summed E-state index contributed by atoms with van der Waals surface area (Å²) >= 11 is 0. The molecule has 0 aromatic carbocycles. The van der Waals surface area contributed by atoms with Gasteiger partial charge in [-0.05, 0) is 44.6 Å². The second kappa shape index (κ2) is 5.81. The standard InChI is InChI=1S/C15H20N4O2/c1-3-18-9-6-11(7-10-18)13-16-17-14-12(15(20)21-2)5-4-8-19(13)14/h4-5,8,11H,3,6-7,9-10H2,1-2H3. The molecule has 0 radical (unpaired) electrons. The molecule has 1 aliphatic heterocycles. The molecular weight excluding hydrogens is 268 g/mol. The fraction of sp³-hybridized carbons (Fsp3) is 0.533. The Morgan fingerprint density at radius 1 is 1.38 bits per heavy atom. The summed E-state index contributed by atoms with van der Waals surface area (Å²) < 4.78 is 6.73. The van der Waals surface area contributed by atoms with Crippen molar-refractivity contribution < 1.29 is 9.53 Å². The number of hydrogen-bond donors (Lipinski definition) is 0. The predicted molar refractivity (Wildman–Crippen MR) is 78.4 cm³/mol. The van der Waals surface area contributed by atoms with Crippen LogP contribution in [0.5, 0.6) is 0 Å². The van der Waals surface area contributed by atoms with E-state index in [2.05, 4.69) is 22.0 Å². The van der Waals surface area contributed by atoms with Crippen LogP contribution in [0.1, 0.15) is 41.9 Å². The maximum atomic E-state index is 11.8. The van der Waals surface area contributed by atoms with Gasteiger partial charge in [0.25, 0.3) is 0 Å². The van der Waals surface area contributed by atoms with Crippen molar-refractivity contribution >= 4 is 11.6 Å². The summed E-state index contributed by atoms with van der Waals surface area (Å²) in [7, 11) is 1.38. The lowest BCUT2D eigenvalue weighted by Crippen LogP contribution is -2.33. The van der Waals surface area contributed by atoms with Gasteiger partial charge in [0.1, 0.15) is 11.4 Å². The number of aromatic nitrogens is 3. The molecule has 2 aromatic rings. The van der Waals surface area contributed by atoms with Gasteiger partial charge in [0.05, 0.1) is 7.11 Å². The molecule has 21 heavy (non-hydrogen) atoms. The van der Waals surface area contributed by atoms with Crippen LogP contribution in [-0.4, -0.2) is 52.2 Å². The number of likely N-dealkylation sites (tertiary alicyclic amines) is 1. The van der Waals surface area contributed by atoms with Gasteiger partial charge in [-0.3, -0.25) is 4.40 Å². The summed E-state index contributed by atoms with van der Waals surface area (Å²) in [5.74, 6) is 0.975. The van der Waals surface area contributed by atoms with Crippen LogP contribution in [0.15, 0.2) is 18.3 Å². The molecule has 1 fully saturated rings. The van der Waals surface area contributed by atoms with Crippen molar-refractivity contribution in [3.8, 4) is 0 Å². The fourth-order valence-corrected chi connectivity index (χ4v) is 2.99. The normalized spacial score (nSPS) is 17.2. The largest absolute Gasteiger partial charge is 0.465 e. The van der Waals surface area contributed by atoms with Gasteiger partial charge in [-0.25, -0.2) is 4.79 Å². The lowest BCUT2D eigenvalue weighted by molar-refractivity contribution is 0.0602. The summed E-state index contributed by atoms with van der Waals surface area (Å²) in [5.41, 5.74) is 1.04. The van der Waals surface area contributed by atoms with E-state index in [4.69, 9.17) is 4.74 Å². The van der Waals surface area contributed by atoms with E-state index < -0.39 is 0 Å². The third-order valence-corrected chi connectivity index (χ3v) is 4.27. The highest BCUT2D eigenvalue weighted by Crippen LogP contribution is 2.27. The molecular formula is C15H20N4O2. The molecule has 2 aromatic heterocycles. The van der Waals surface area contributed by atoms with Crippen LogP contribution < -0.4 is 0 Å².